The molecule has 10 nitrogen and oxygen atoms in total. The molecular formula is C28H19ClF3N5O5. The second-order valence-corrected chi connectivity index (χ2v) is 8.81. The van der Waals surface area contributed by atoms with Crippen LogP contribution >= 0.6 is 11.6 Å². The zero-order chi connectivity index (χ0) is 30.3. The number of amides is 3. The molecule has 14 heteroatoms. The van der Waals surface area contributed by atoms with Gasteiger partial charge in [0.2, 0.25) is 0 Å². The van der Waals surface area contributed by atoms with Gasteiger partial charge in [-0.1, -0.05) is 23.7 Å². The Morgan fingerprint density at radius 1 is 0.881 bits per heavy atom. The van der Waals surface area contributed by atoms with Crippen LogP contribution in [-0.2, 0) is 6.18 Å². The third kappa shape index (κ3) is 8.05. The molecule has 4 rings (SSSR count). The first-order valence-electron chi connectivity index (χ1n) is 11.8. The number of urea groups is 1. The number of benzene rings is 3. The van der Waals surface area contributed by atoms with Gasteiger partial charge in [0.15, 0.2) is 0 Å². The Morgan fingerprint density at radius 2 is 1.55 bits per heavy atom. The Balaban J connectivity index is 1.31. The van der Waals surface area contributed by atoms with Gasteiger partial charge in [0.05, 0.1) is 22.4 Å². The second kappa shape index (κ2) is 12.8. The minimum absolute atomic E-state index is 0.0108. The zero-order valence-corrected chi connectivity index (χ0v) is 21.9. The Hall–Kier alpha value is -5.43. The molecule has 0 aliphatic rings. The normalized spacial score (nSPS) is 11.1. The molecule has 0 atom stereocenters. The maximum Gasteiger partial charge on any atom is 0.417 e. The van der Waals surface area contributed by atoms with Crippen LogP contribution < -0.4 is 20.8 Å². The Kier molecular flexibility index (Phi) is 9.02. The van der Waals surface area contributed by atoms with Crippen molar-refractivity contribution in [2.45, 2.75) is 6.18 Å². The summed E-state index contributed by atoms with van der Waals surface area (Å²) in [5.41, 5.74) is 2.18. The SMILES string of the molecule is O=C(Nc1ccc(Oc2ccnc(C(=O)N/N=C/c3ccc(C(=O)O)cc3)c2)cc1)Nc1ccc(Cl)c(C(F)(F)F)c1. The van der Waals surface area contributed by atoms with Gasteiger partial charge in [0.1, 0.15) is 17.2 Å². The number of carboxylic acids is 1. The van der Waals surface area contributed by atoms with Gasteiger partial charge in [-0.2, -0.15) is 18.3 Å². The monoisotopic (exact) mass is 597 g/mol. The molecular weight excluding hydrogens is 579 g/mol. The fourth-order valence-corrected chi connectivity index (χ4v) is 3.61. The van der Waals surface area contributed by atoms with E-state index in [1.807, 2.05) is 0 Å². The number of pyridine rings is 1. The predicted octanol–water partition coefficient (Wildman–Crippen LogP) is 6.65. The summed E-state index contributed by atoms with van der Waals surface area (Å²) in [6.07, 6.45) is -1.97. The number of carboxylic acid groups (broad SMARTS) is 1. The van der Waals surface area contributed by atoms with Gasteiger partial charge in [-0.05, 0) is 66.2 Å². The third-order valence-corrected chi connectivity index (χ3v) is 5.71. The highest BCUT2D eigenvalue weighted by molar-refractivity contribution is 6.31. The van der Waals surface area contributed by atoms with E-state index in [2.05, 4.69) is 26.1 Å². The van der Waals surface area contributed by atoms with Crippen molar-refractivity contribution in [3.05, 3.63) is 112 Å². The average molecular weight is 598 g/mol. The van der Waals surface area contributed by atoms with Crippen molar-refractivity contribution in [2.75, 3.05) is 10.6 Å². The van der Waals surface area contributed by atoms with E-state index in [1.165, 1.54) is 79.1 Å². The number of nitrogens with one attached hydrogen (secondary N) is 3. The summed E-state index contributed by atoms with van der Waals surface area (Å²) in [5, 5.41) is 17.1. The fourth-order valence-electron chi connectivity index (χ4n) is 3.39. The van der Waals surface area contributed by atoms with Crippen LogP contribution in [0.5, 0.6) is 11.5 Å². The molecule has 0 saturated carbocycles. The van der Waals surface area contributed by atoms with Crippen molar-refractivity contribution in [1.29, 1.82) is 0 Å². The van der Waals surface area contributed by atoms with Crippen LogP contribution in [0.15, 0.2) is 90.2 Å². The van der Waals surface area contributed by atoms with Gasteiger partial charge >= 0.3 is 18.2 Å². The average Bonchev–Trinajstić information content (AvgIpc) is 2.95. The number of aromatic carboxylic acids is 1. The topological polar surface area (TPSA) is 142 Å². The van der Waals surface area contributed by atoms with E-state index in [0.717, 1.165) is 12.1 Å². The number of carbonyl (C=O) groups excluding carboxylic acids is 2. The number of hydrogen-bond donors (Lipinski definition) is 4. The first-order chi connectivity index (χ1) is 20.0. The van der Waals surface area contributed by atoms with E-state index >= 15 is 0 Å². The number of rotatable bonds is 8. The lowest BCUT2D eigenvalue weighted by Gasteiger charge is -2.12. The van der Waals surface area contributed by atoms with Crippen molar-refractivity contribution in [2.24, 2.45) is 5.10 Å². The lowest BCUT2D eigenvalue weighted by atomic mass is 10.1. The highest BCUT2D eigenvalue weighted by atomic mass is 35.5. The minimum atomic E-state index is -4.67. The smallest absolute Gasteiger partial charge is 0.417 e. The molecule has 0 unspecified atom stereocenters. The molecule has 4 N–H and O–H groups in total. The molecule has 0 bridgehead atoms. The predicted molar refractivity (Wildman–Crippen MR) is 148 cm³/mol. The lowest BCUT2D eigenvalue weighted by molar-refractivity contribution is -0.137. The molecule has 0 aliphatic heterocycles. The molecule has 42 heavy (non-hydrogen) atoms. The summed E-state index contributed by atoms with van der Waals surface area (Å²) in [5.74, 6) is -1.04. The quantitative estimate of drug-likeness (QED) is 0.132. The number of hydrogen-bond acceptors (Lipinski definition) is 6. The van der Waals surface area contributed by atoms with Crippen LogP contribution in [0.4, 0.5) is 29.3 Å². The van der Waals surface area contributed by atoms with Crippen molar-refractivity contribution in [3.63, 3.8) is 0 Å². The standard InChI is InChI=1S/C28H19ClF3N5O5/c29-23-10-7-19(13-22(23)28(30,31)32)36-27(41)35-18-5-8-20(9-6-18)42-21-11-12-33-24(14-21)25(38)37-34-15-16-1-3-17(4-2-16)26(39)40/h1-15H,(H,37,38)(H,39,40)(H2,35,36,41)/b34-15+. The van der Waals surface area contributed by atoms with Crippen molar-refractivity contribution in [3.8, 4) is 11.5 Å². The highest BCUT2D eigenvalue weighted by Crippen LogP contribution is 2.36. The second-order valence-electron chi connectivity index (χ2n) is 8.40. The number of ether oxygens (including phenoxy) is 1. The number of anilines is 2. The number of carbonyl (C=O) groups is 3. The van der Waals surface area contributed by atoms with Crippen LogP contribution in [0.2, 0.25) is 5.02 Å². The molecule has 1 aromatic heterocycles. The maximum atomic E-state index is 13.0. The van der Waals surface area contributed by atoms with Gasteiger partial charge in [-0.3, -0.25) is 9.78 Å². The van der Waals surface area contributed by atoms with E-state index in [1.54, 1.807) is 0 Å². The molecule has 3 amide bonds. The first kappa shape index (κ1) is 29.6. The van der Waals surface area contributed by atoms with Gasteiger partial charge in [-0.25, -0.2) is 15.0 Å². The molecule has 0 spiro atoms. The van der Waals surface area contributed by atoms with E-state index < -0.39 is 34.7 Å². The summed E-state index contributed by atoms with van der Waals surface area (Å²) in [4.78, 5) is 39.6. The van der Waals surface area contributed by atoms with E-state index in [-0.39, 0.29) is 22.7 Å². The highest BCUT2D eigenvalue weighted by Gasteiger charge is 2.33. The zero-order valence-electron chi connectivity index (χ0n) is 21.1. The molecule has 214 valence electrons. The summed E-state index contributed by atoms with van der Waals surface area (Å²) in [6.45, 7) is 0. The minimum Gasteiger partial charge on any atom is -0.478 e. The molecule has 0 aliphatic carbocycles. The van der Waals surface area contributed by atoms with Crippen LogP contribution in [-0.4, -0.2) is 34.2 Å². The fraction of sp³-hybridized carbons (Fsp3) is 0.0357. The number of nitrogens with zero attached hydrogens (tertiary/aromatic N) is 2. The molecule has 0 radical (unpaired) electrons. The van der Waals surface area contributed by atoms with Gasteiger partial charge in [-0.15, -0.1) is 0 Å². The molecule has 1 heterocycles. The number of aromatic nitrogens is 1. The Morgan fingerprint density at radius 3 is 2.21 bits per heavy atom. The largest absolute Gasteiger partial charge is 0.478 e. The Bertz CT molecular complexity index is 1650. The van der Waals surface area contributed by atoms with Gasteiger partial charge in [0.25, 0.3) is 5.91 Å². The summed E-state index contributed by atoms with van der Waals surface area (Å²) in [6, 6.07) is 17.1. The number of halogens is 4. The summed E-state index contributed by atoms with van der Waals surface area (Å²) < 4.78 is 44.8. The van der Waals surface area contributed by atoms with Gasteiger partial charge in [0, 0.05) is 23.6 Å². The van der Waals surface area contributed by atoms with E-state index in [4.69, 9.17) is 21.4 Å². The van der Waals surface area contributed by atoms with E-state index in [0.29, 0.717) is 17.0 Å². The summed E-state index contributed by atoms with van der Waals surface area (Å²) >= 11 is 5.59. The maximum absolute atomic E-state index is 13.0. The van der Waals surface area contributed by atoms with Crippen molar-refractivity contribution < 1.29 is 37.4 Å². The number of hydrazone groups is 1. The third-order valence-electron chi connectivity index (χ3n) is 5.38. The Labute approximate surface area is 240 Å². The van der Waals surface area contributed by atoms with Crippen LogP contribution in [0.3, 0.4) is 0 Å². The van der Waals surface area contributed by atoms with Crippen LogP contribution in [0, 0.1) is 0 Å². The van der Waals surface area contributed by atoms with E-state index in [9.17, 15) is 27.6 Å². The van der Waals surface area contributed by atoms with Crippen molar-refractivity contribution in [1.82, 2.24) is 10.4 Å². The molecule has 0 saturated heterocycles. The van der Waals surface area contributed by atoms with Gasteiger partial charge < -0.3 is 20.5 Å². The van der Waals surface area contributed by atoms with Crippen LogP contribution in [0.1, 0.15) is 32.0 Å². The number of alkyl halides is 3. The molecule has 4 aromatic rings. The first-order valence-corrected chi connectivity index (χ1v) is 12.2. The summed E-state index contributed by atoms with van der Waals surface area (Å²) in [7, 11) is 0. The molecule has 0 fully saturated rings. The lowest BCUT2D eigenvalue weighted by Crippen LogP contribution is -2.19. The molecule has 3 aromatic carbocycles. The van der Waals surface area contributed by atoms with Crippen molar-refractivity contribution >= 4 is 47.1 Å². The van der Waals surface area contributed by atoms with Crippen LogP contribution in [0.25, 0.3) is 0 Å².